The van der Waals surface area contributed by atoms with E-state index in [9.17, 15) is 8.78 Å². The molecular formula is C18H19F2N3S. The first-order valence-corrected chi connectivity index (χ1v) is 8.10. The van der Waals surface area contributed by atoms with Gasteiger partial charge in [0.1, 0.15) is 0 Å². The molecule has 0 bridgehead atoms. The highest BCUT2D eigenvalue weighted by molar-refractivity contribution is 7.71. The predicted octanol–water partition coefficient (Wildman–Crippen LogP) is 4.97. The molecule has 0 unspecified atom stereocenters. The first-order valence-electron chi connectivity index (χ1n) is 7.69. The summed E-state index contributed by atoms with van der Waals surface area (Å²) in [4.78, 5) is 2.06. The number of nitrogens with zero attached hydrogens (tertiary/aromatic N) is 3. The normalized spacial score (nSPS) is 11.8. The Labute approximate surface area is 144 Å². The number of aryl methyl sites for hydroxylation is 1. The summed E-state index contributed by atoms with van der Waals surface area (Å²) in [6.07, 6.45) is 0. The number of para-hydroxylation sites is 2. The van der Waals surface area contributed by atoms with Crippen molar-refractivity contribution < 1.29 is 8.78 Å². The van der Waals surface area contributed by atoms with Crippen LogP contribution in [0.5, 0.6) is 0 Å². The zero-order valence-electron chi connectivity index (χ0n) is 13.6. The van der Waals surface area contributed by atoms with Gasteiger partial charge >= 0.3 is 6.55 Å². The van der Waals surface area contributed by atoms with Gasteiger partial charge in [-0.15, -0.1) is 0 Å². The van der Waals surface area contributed by atoms with Gasteiger partial charge in [-0.2, -0.15) is 8.78 Å². The Kier molecular flexibility index (Phi) is 4.78. The average molecular weight is 347 g/mol. The zero-order chi connectivity index (χ0) is 17.3. The number of alkyl halides is 2. The van der Waals surface area contributed by atoms with Gasteiger partial charge in [-0.1, -0.05) is 42.0 Å². The topological polar surface area (TPSA) is 13.1 Å². The van der Waals surface area contributed by atoms with Crippen LogP contribution in [0.3, 0.4) is 0 Å². The number of rotatable bonds is 5. The number of halogens is 2. The molecule has 2 aromatic carbocycles. The third-order valence-corrected chi connectivity index (χ3v) is 4.44. The van der Waals surface area contributed by atoms with Crippen LogP contribution in [0.1, 0.15) is 17.7 Å². The van der Waals surface area contributed by atoms with E-state index >= 15 is 0 Å². The molecule has 6 heteroatoms. The minimum Gasteiger partial charge on any atom is -0.303 e. The lowest BCUT2D eigenvalue weighted by Crippen LogP contribution is -2.22. The van der Waals surface area contributed by atoms with Crippen LogP contribution in [0.2, 0.25) is 0 Å². The molecule has 0 fully saturated rings. The maximum absolute atomic E-state index is 13.4. The molecule has 0 saturated heterocycles. The molecule has 0 spiro atoms. The maximum Gasteiger partial charge on any atom is 0.321 e. The standard InChI is InChI=1S/C18H19F2N3S/c1-13-7-9-14(10-8-13)11-21(2)12-22-15-5-3-4-6-16(15)23(17(19)20)18(22)24/h3-10,17H,11-12H2,1-2H3. The molecule has 0 N–H and O–H groups in total. The van der Waals surface area contributed by atoms with Crippen molar-refractivity contribution in [3.8, 4) is 0 Å². The fourth-order valence-corrected chi connectivity index (χ4v) is 3.19. The highest BCUT2D eigenvalue weighted by atomic mass is 32.1. The molecule has 1 heterocycles. The molecule has 0 amide bonds. The Hall–Kier alpha value is -2.05. The highest BCUT2D eigenvalue weighted by Gasteiger charge is 2.17. The largest absolute Gasteiger partial charge is 0.321 e. The van der Waals surface area contributed by atoms with Gasteiger partial charge in [0, 0.05) is 6.54 Å². The van der Waals surface area contributed by atoms with Crippen molar-refractivity contribution in [2.45, 2.75) is 26.7 Å². The Morgan fingerprint density at radius 2 is 1.67 bits per heavy atom. The lowest BCUT2D eigenvalue weighted by atomic mass is 10.1. The Bertz CT molecular complexity index is 897. The molecule has 0 saturated carbocycles. The lowest BCUT2D eigenvalue weighted by molar-refractivity contribution is 0.0717. The van der Waals surface area contributed by atoms with Crippen molar-refractivity contribution in [3.63, 3.8) is 0 Å². The molecule has 126 valence electrons. The van der Waals surface area contributed by atoms with Gasteiger partial charge in [0.25, 0.3) is 0 Å². The Balaban J connectivity index is 1.91. The predicted molar refractivity (Wildman–Crippen MR) is 94.7 cm³/mol. The smallest absolute Gasteiger partial charge is 0.303 e. The van der Waals surface area contributed by atoms with Gasteiger partial charge in [0.15, 0.2) is 4.77 Å². The van der Waals surface area contributed by atoms with Crippen LogP contribution in [-0.2, 0) is 13.2 Å². The van der Waals surface area contributed by atoms with Crippen LogP contribution in [0.15, 0.2) is 48.5 Å². The van der Waals surface area contributed by atoms with E-state index in [1.807, 2.05) is 26.1 Å². The first kappa shape index (κ1) is 16.8. The van der Waals surface area contributed by atoms with Crippen LogP contribution in [0, 0.1) is 11.7 Å². The van der Waals surface area contributed by atoms with Crippen LogP contribution < -0.4 is 0 Å². The van der Waals surface area contributed by atoms with Crippen molar-refractivity contribution in [2.24, 2.45) is 0 Å². The molecule has 0 aliphatic carbocycles. The van der Waals surface area contributed by atoms with E-state index in [2.05, 4.69) is 29.2 Å². The SMILES string of the molecule is Cc1ccc(CN(C)Cn2c(=S)n(C(F)F)c3ccccc32)cc1. The van der Waals surface area contributed by atoms with Crippen molar-refractivity contribution in [1.82, 2.24) is 14.0 Å². The second-order valence-electron chi connectivity index (χ2n) is 5.99. The summed E-state index contributed by atoms with van der Waals surface area (Å²) < 4.78 is 29.5. The van der Waals surface area contributed by atoms with E-state index in [0.717, 1.165) is 16.6 Å². The molecule has 3 nitrogen and oxygen atoms in total. The zero-order valence-corrected chi connectivity index (χ0v) is 14.4. The molecule has 0 aliphatic rings. The van der Waals surface area contributed by atoms with Crippen molar-refractivity contribution in [1.29, 1.82) is 0 Å². The number of benzene rings is 2. The molecular weight excluding hydrogens is 328 g/mol. The molecule has 1 aromatic heterocycles. The summed E-state index contributed by atoms with van der Waals surface area (Å²) >= 11 is 5.29. The van der Waals surface area contributed by atoms with Gasteiger partial charge in [0.05, 0.1) is 17.7 Å². The number of fused-ring (bicyclic) bond motifs is 1. The molecule has 0 aliphatic heterocycles. The van der Waals surface area contributed by atoms with Crippen LogP contribution in [0.25, 0.3) is 11.0 Å². The van der Waals surface area contributed by atoms with E-state index in [4.69, 9.17) is 12.2 Å². The molecule has 0 atom stereocenters. The molecule has 3 rings (SSSR count). The number of aromatic nitrogens is 2. The molecule has 3 aromatic rings. The summed E-state index contributed by atoms with van der Waals surface area (Å²) in [5, 5.41) is 0. The second-order valence-corrected chi connectivity index (χ2v) is 6.35. The molecule has 0 radical (unpaired) electrons. The monoisotopic (exact) mass is 347 g/mol. The van der Waals surface area contributed by atoms with Crippen molar-refractivity contribution >= 4 is 23.3 Å². The van der Waals surface area contributed by atoms with Crippen molar-refractivity contribution in [2.75, 3.05) is 7.05 Å². The van der Waals surface area contributed by atoms with Gasteiger partial charge in [-0.3, -0.25) is 9.47 Å². The summed E-state index contributed by atoms with van der Waals surface area (Å²) in [6, 6.07) is 15.4. The van der Waals surface area contributed by atoms with Gasteiger partial charge in [-0.05, 0) is 43.9 Å². The van der Waals surface area contributed by atoms with E-state index in [1.54, 1.807) is 16.7 Å². The first-order chi connectivity index (χ1) is 11.5. The van der Waals surface area contributed by atoms with Gasteiger partial charge in [-0.25, -0.2) is 0 Å². The minimum absolute atomic E-state index is 0.141. The van der Waals surface area contributed by atoms with Crippen LogP contribution in [0.4, 0.5) is 8.78 Å². The highest BCUT2D eigenvalue weighted by Crippen LogP contribution is 2.24. The third kappa shape index (κ3) is 3.25. The van der Waals surface area contributed by atoms with Gasteiger partial charge in [0.2, 0.25) is 0 Å². The minimum atomic E-state index is -2.65. The fourth-order valence-electron chi connectivity index (χ4n) is 2.85. The third-order valence-electron chi connectivity index (χ3n) is 4.02. The average Bonchev–Trinajstić information content (AvgIpc) is 2.82. The quantitative estimate of drug-likeness (QED) is 0.605. The Morgan fingerprint density at radius 3 is 2.29 bits per heavy atom. The summed E-state index contributed by atoms with van der Waals surface area (Å²) in [7, 11) is 1.95. The second kappa shape index (κ2) is 6.83. The van der Waals surface area contributed by atoms with E-state index in [-0.39, 0.29) is 4.77 Å². The number of hydrogen-bond acceptors (Lipinski definition) is 2. The lowest BCUT2D eigenvalue weighted by Gasteiger charge is -2.18. The van der Waals surface area contributed by atoms with E-state index in [0.29, 0.717) is 12.2 Å². The Morgan fingerprint density at radius 1 is 1.04 bits per heavy atom. The molecule has 24 heavy (non-hydrogen) atoms. The summed E-state index contributed by atoms with van der Waals surface area (Å²) in [6.45, 7) is 0.570. The number of imidazole rings is 1. The van der Waals surface area contributed by atoms with Crippen LogP contribution in [-0.4, -0.2) is 21.1 Å². The maximum atomic E-state index is 13.4. The fraction of sp³-hybridized carbons (Fsp3) is 0.278. The van der Waals surface area contributed by atoms with E-state index in [1.165, 1.54) is 11.1 Å². The summed E-state index contributed by atoms with van der Waals surface area (Å²) in [5.41, 5.74) is 3.57. The van der Waals surface area contributed by atoms with E-state index < -0.39 is 6.55 Å². The van der Waals surface area contributed by atoms with Gasteiger partial charge < -0.3 is 4.57 Å². The number of hydrogen-bond donors (Lipinski definition) is 0. The summed E-state index contributed by atoms with van der Waals surface area (Å²) in [5.74, 6) is 0. The van der Waals surface area contributed by atoms with Crippen LogP contribution >= 0.6 is 12.2 Å². The van der Waals surface area contributed by atoms with Crippen molar-refractivity contribution in [3.05, 3.63) is 64.4 Å².